The fraction of sp³-hybridized carbons (Fsp3) is 0.150. The first-order valence-corrected chi connectivity index (χ1v) is 9.62. The van der Waals surface area contributed by atoms with Crippen molar-refractivity contribution in [1.82, 2.24) is 20.1 Å². The van der Waals surface area contributed by atoms with Crippen LogP contribution < -0.4 is 10.9 Å². The van der Waals surface area contributed by atoms with Crippen molar-refractivity contribution in [3.05, 3.63) is 75.8 Å². The molecular formula is C20H17FN4O2S. The fourth-order valence-corrected chi connectivity index (χ4v) is 3.69. The van der Waals surface area contributed by atoms with Gasteiger partial charge in [0.05, 0.1) is 4.88 Å². The zero-order chi connectivity index (χ0) is 19.5. The first-order valence-electron chi connectivity index (χ1n) is 8.74. The van der Waals surface area contributed by atoms with E-state index < -0.39 is 0 Å². The number of hydrogen-bond acceptors (Lipinski definition) is 4. The molecule has 3 aromatic heterocycles. The lowest BCUT2D eigenvalue weighted by Crippen LogP contribution is -2.34. The van der Waals surface area contributed by atoms with Gasteiger partial charge in [-0.2, -0.15) is 5.10 Å². The third-order valence-electron chi connectivity index (χ3n) is 4.38. The number of nitrogens with zero attached hydrogens (tertiary/aromatic N) is 2. The molecule has 4 aromatic rings. The van der Waals surface area contributed by atoms with Crippen molar-refractivity contribution in [3.8, 4) is 10.6 Å². The minimum Gasteiger partial charge on any atom is -0.361 e. The Kier molecular flexibility index (Phi) is 5.03. The topological polar surface area (TPSA) is 79.8 Å². The fourth-order valence-electron chi connectivity index (χ4n) is 3.00. The summed E-state index contributed by atoms with van der Waals surface area (Å²) in [5.41, 5.74) is 2.10. The average Bonchev–Trinajstić information content (AvgIpc) is 3.34. The molecule has 0 aliphatic carbocycles. The minimum absolute atomic E-state index is 0.152. The summed E-state index contributed by atoms with van der Waals surface area (Å²) >= 11 is 1.52. The highest BCUT2D eigenvalue weighted by molar-refractivity contribution is 7.13. The second-order valence-corrected chi connectivity index (χ2v) is 7.24. The number of thiophene rings is 1. The van der Waals surface area contributed by atoms with Gasteiger partial charge < -0.3 is 10.3 Å². The van der Waals surface area contributed by atoms with Crippen LogP contribution in [0, 0.1) is 5.82 Å². The van der Waals surface area contributed by atoms with Crippen molar-refractivity contribution in [2.45, 2.75) is 13.0 Å². The molecular weight excluding hydrogens is 379 g/mol. The molecule has 142 valence electrons. The number of rotatable bonds is 6. The van der Waals surface area contributed by atoms with Gasteiger partial charge in [-0.25, -0.2) is 9.07 Å². The van der Waals surface area contributed by atoms with Gasteiger partial charge in [0.1, 0.15) is 18.1 Å². The summed E-state index contributed by atoms with van der Waals surface area (Å²) in [6.07, 6.45) is 2.36. The lowest BCUT2D eigenvalue weighted by molar-refractivity contribution is -0.121. The second-order valence-electron chi connectivity index (χ2n) is 6.30. The van der Waals surface area contributed by atoms with Crippen LogP contribution in [0.5, 0.6) is 0 Å². The molecule has 1 amide bonds. The third kappa shape index (κ3) is 3.86. The van der Waals surface area contributed by atoms with Crippen molar-refractivity contribution < 1.29 is 9.18 Å². The minimum atomic E-state index is -0.331. The highest BCUT2D eigenvalue weighted by atomic mass is 32.1. The Labute approximate surface area is 163 Å². The number of amides is 1. The van der Waals surface area contributed by atoms with Crippen LogP contribution >= 0.6 is 11.3 Å². The predicted octanol–water partition coefficient (Wildman–Crippen LogP) is 2.95. The molecule has 0 radical (unpaired) electrons. The van der Waals surface area contributed by atoms with E-state index in [2.05, 4.69) is 15.4 Å². The first-order chi connectivity index (χ1) is 13.6. The predicted molar refractivity (Wildman–Crippen MR) is 107 cm³/mol. The summed E-state index contributed by atoms with van der Waals surface area (Å²) in [7, 11) is 0. The van der Waals surface area contributed by atoms with Gasteiger partial charge >= 0.3 is 0 Å². The zero-order valence-electron chi connectivity index (χ0n) is 14.8. The molecule has 3 heterocycles. The van der Waals surface area contributed by atoms with Crippen molar-refractivity contribution in [2.75, 3.05) is 6.54 Å². The highest BCUT2D eigenvalue weighted by Gasteiger charge is 2.09. The van der Waals surface area contributed by atoms with Gasteiger partial charge in [0, 0.05) is 29.7 Å². The molecule has 0 aliphatic rings. The number of hydrogen-bond donors (Lipinski definition) is 2. The van der Waals surface area contributed by atoms with Crippen LogP contribution in [0.4, 0.5) is 4.39 Å². The average molecular weight is 396 g/mol. The van der Waals surface area contributed by atoms with Gasteiger partial charge in [0.15, 0.2) is 0 Å². The van der Waals surface area contributed by atoms with Gasteiger partial charge in [-0.1, -0.05) is 6.07 Å². The molecule has 1 aromatic carbocycles. The molecule has 4 rings (SSSR count). The van der Waals surface area contributed by atoms with E-state index in [0.29, 0.717) is 18.7 Å². The van der Waals surface area contributed by atoms with E-state index in [1.54, 1.807) is 12.1 Å². The lowest BCUT2D eigenvalue weighted by Gasteiger charge is -2.07. The van der Waals surface area contributed by atoms with Crippen LogP contribution in [0.2, 0.25) is 0 Å². The molecule has 0 aliphatic heterocycles. The summed E-state index contributed by atoms with van der Waals surface area (Å²) in [4.78, 5) is 28.3. The standard InChI is InChI=1S/C20H17FN4O2S/c21-14-3-4-16-15(10-14)13(11-23-16)7-8-22-19(26)12-25-20(27)6-5-17(24-25)18-2-1-9-28-18/h1-6,9-11,23H,7-8,12H2,(H,22,26). The molecule has 0 bridgehead atoms. The molecule has 8 heteroatoms. The van der Waals surface area contributed by atoms with Gasteiger partial charge in [0.25, 0.3) is 5.56 Å². The largest absolute Gasteiger partial charge is 0.361 e. The third-order valence-corrected chi connectivity index (χ3v) is 5.27. The normalized spacial score (nSPS) is 11.0. The highest BCUT2D eigenvalue weighted by Crippen LogP contribution is 2.21. The van der Waals surface area contributed by atoms with E-state index in [4.69, 9.17) is 0 Å². The van der Waals surface area contributed by atoms with Gasteiger partial charge in [0.2, 0.25) is 5.91 Å². The number of halogens is 1. The monoisotopic (exact) mass is 396 g/mol. The number of aromatic amines is 1. The summed E-state index contributed by atoms with van der Waals surface area (Å²) in [6.45, 7) is 0.224. The molecule has 0 atom stereocenters. The smallest absolute Gasteiger partial charge is 0.267 e. The van der Waals surface area contributed by atoms with Crippen LogP contribution in [0.15, 0.2) is 58.8 Å². The quantitative estimate of drug-likeness (QED) is 0.526. The number of fused-ring (bicyclic) bond motifs is 1. The summed E-state index contributed by atoms with van der Waals surface area (Å²) in [5, 5.41) is 9.78. The van der Waals surface area contributed by atoms with E-state index in [1.165, 1.54) is 29.5 Å². The van der Waals surface area contributed by atoms with Crippen molar-refractivity contribution in [3.63, 3.8) is 0 Å². The molecule has 0 saturated heterocycles. The maximum atomic E-state index is 13.4. The van der Waals surface area contributed by atoms with Crippen molar-refractivity contribution in [1.29, 1.82) is 0 Å². The van der Waals surface area contributed by atoms with Crippen LogP contribution in [0.25, 0.3) is 21.5 Å². The van der Waals surface area contributed by atoms with Crippen molar-refractivity contribution in [2.24, 2.45) is 0 Å². The summed E-state index contributed by atoms with van der Waals surface area (Å²) < 4.78 is 14.6. The Hall–Kier alpha value is -3.26. The van der Waals surface area contributed by atoms with E-state index in [1.807, 2.05) is 23.7 Å². The van der Waals surface area contributed by atoms with E-state index in [-0.39, 0.29) is 23.8 Å². The van der Waals surface area contributed by atoms with Crippen LogP contribution in [0.1, 0.15) is 5.56 Å². The zero-order valence-corrected chi connectivity index (χ0v) is 15.6. The molecule has 0 fully saturated rings. The van der Waals surface area contributed by atoms with E-state index >= 15 is 0 Å². The molecule has 0 spiro atoms. The molecule has 0 unspecified atom stereocenters. The Morgan fingerprint density at radius 2 is 2.14 bits per heavy atom. The lowest BCUT2D eigenvalue weighted by atomic mass is 10.1. The Morgan fingerprint density at radius 1 is 1.25 bits per heavy atom. The Morgan fingerprint density at radius 3 is 2.96 bits per heavy atom. The van der Waals surface area contributed by atoms with E-state index in [0.717, 1.165) is 26.0 Å². The molecule has 2 N–H and O–H groups in total. The number of nitrogens with one attached hydrogen (secondary N) is 2. The number of carbonyl (C=O) groups excluding carboxylic acids is 1. The van der Waals surface area contributed by atoms with Gasteiger partial charge in [-0.05, 0) is 47.7 Å². The van der Waals surface area contributed by atoms with Crippen LogP contribution in [0.3, 0.4) is 0 Å². The van der Waals surface area contributed by atoms with Gasteiger partial charge in [-0.3, -0.25) is 9.59 Å². The second kappa shape index (κ2) is 7.77. The number of carbonyl (C=O) groups is 1. The van der Waals surface area contributed by atoms with Crippen molar-refractivity contribution >= 4 is 28.1 Å². The van der Waals surface area contributed by atoms with Gasteiger partial charge in [-0.15, -0.1) is 11.3 Å². The molecule has 28 heavy (non-hydrogen) atoms. The number of H-pyrrole nitrogens is 1. The Bertz CT molecular complexity index is 1180. The van der Waals surface area contributed by atoms with E-state index in [9.17, 15) is 14.0 Å². The first kappa shape index (κ1) is 18.1. The number of aromatic nitrogens is 3. The Balaban J connectivity index is 1.39. The van der Waals surface area contributed by atoms with Crippen LogP contribution in [-0.2, 0) is 17.8 Å². The number of benzene rings is 1. The molecule has 6 nitrogen and oxygen atoms in total. The SMILES string of the molecule is O=C(Cn1nc(-c2cccs2)ccc1=O)NCCc1c[nH]c2ccc(F)cc12. The summed E-state index contributed by atoms with van der Waals surface area (Å²) in [5.74, 6) is -0.600. The molecule has 0 saturated carbocycles. The maximum absolute atomic E-state index is 13.4. The summed E-state index contributed by atoms with van der Waals surface area (Å²) in [6, 6.07) is 11.4. The van der Waals surface area contributed by atoms with Crippen LogP contribution in [-0.4, -0.2) is 27.2 Å². The maximum Gasteiger partial charge on any atom is 0.267 e.